The number of carbonyl (C=O) groups excluding carboxylic acids is 2. The van der Waals surface area contributed by atoms with Crippen LogP contribution in [0.15, 0.2) is 0 Å². The predicted octanol–water partition coefficient (Wildman–Crippen LogP) is 2.16. The minimum absolute atomic E-state index is 0.267. The summed E-state index contributed by atoms with van der Waals surface area (Å²) in [6.45, 7) is 3.97. The normalized spacial score (nSPS) is 20.2. The summed E-state index contributed by atoms with van der Waals surface area (Å²) in [7, 11) is 0. The quantitative estimate of drug-likeness (QED) is 0.775. The maximum absolute atomic E-state index is 12.9. The Bertz CT molecular complexity index is 516. The number of hydrogen-bond donors (Lipinski definition) is 2. The molecule has 144 valence electrons. The molecular weight excluding hydrogens is 345 g/mol. The molecule has 0 radical (unpaired) electrons. The second-order valence-corrected chi connectivity index (χ2v) is 7.02. The van der Waals surface area contributed by atoms with Crippen molar-refractivity contribution in [1.29, 1.82) is 0 Å². The van der Waals surface area contributed by atoms with Crippen molar-refractivity contribution in [2.75, 3.05) is 13.1 Å². The molecule has 10 heteroatoms. The Morgan fingerprint density at radius 2 is 1.96 bits per heavy atom. The van der Waals surface area contributed by atoms with Gasteiger partial charge in [0.1, 0.15) is 5.60 Å². The van der Waals surface area contributed by atoms with E-state index in [2.05, 4.69) is 5.32 Å². The van der Waals surface area contributed by atoms with Crippen LogP contribution in [0.3, 0.4) is 0 Å². The molecule has 0 aromatic rings. The Morgan fingerprint density at radius 1 is 1.36 bits per heavy atom. The average Bonchev–Trinajstić information content (AvgIpc) is 2.36. The number of rotatable bonds is 5. The van der Waals surface area contributed by atoms with Gasteiger partial charge in [-0.1, -0.05) is 0 Å². The number of ether oxygens (including phenoxy) is 1. The van der Waals surface area contributed by atoms with Gasteiger partial charge in [0, 0.05) is 19.5 Å². The second-order valence-electron chi connectivity index (χ2n) is 7.02. The van der Waals surface area contributed by atoms with Crippen molar-refractivity contribution in [2.24, 2.45) is 5.92 Å². The maximum atomic E-state index is 12.9. The zero-order valence-corrected chi connectivity index (χ0v) is 14.4. The number of carbonyl (C=O) groups is 3. The fourth-order valence-electron chi connectivity index (χ4n) is 2.47. The third kappa shape index (κ3) is 7.61. The molecule has 0 aromatic carbocycles. The lowest BCUT2D eigenvalue weighted by atomic mass is 9.96. The first-order valence-corrected chi connectivity index (χ1v) is 7.83. The van der Waals surface area contributed by atoms with Gasteiger partial charge in [-0.05, 0) is 27.2 Å². The summed E-state index contributed by atoms with van der Waals surface area (Å²) in [5, 5.41) is 11.2. The van der Waals surface area contributed by atoms with Crippen LogP contribution < -0.4 is 5.32 Å². The number of carboxylic acids is 1. The molecule has 25 heavy (non-hydrogen) atoms. The topological polar surface area (TPSA) is 95.9 Å². The predicted molar refractivity (Wildman–Crippen MR) is 80.8 cm³/mol. The number of alkyl carbamates (subject to hydrolysis) is 1. The van der Waals surface area contributed by atoms with Crippen molar-refractivity contribution in [2.45, 2.75) is 57.9 Å². The van der Waals surface area contributed by atoms with E-state index in [0.717, 1.165) is 4.90 Å². The van der Waals surface area contributed by atoms with Crippen molar-refractivity contribution in [1.82, 2.24) is 10.2 Å². The fourth-order valence-corrected chi connectivity index (χ4v) is 2.47. The molecule has 0 spiro atoms. The van der Waals surface area contributed by atoms with Gasteiger partial charge in [0.25, 0.3) is 0 Å². The number of likely N-dealkylation sites (tertiary alicyclic amines) is 1. The molecule has 0 saturated carbocycles. The first-order chi connectivity index (χ1) is 11.3. The number of piperidine rings is 1. The summed E-state index contributed by atoms with van der Waals surface area (Å²) in [4.78, 5) is 35.6. The van der Waals surface area contributed by atoms with Crippen LogP contribution in [0.4, 0.5) is 18.0 Å². The molecule has 1 fully saturated rings. The number of nitrogens with one attached hydrogen (secondary N) is 1. The monoisotopic (exact) mass is 368 g/mol. The molecule has 2 amide bonds. The van der Waals surface area contributed by atoms with Gasteiger partial charge in [0.15, 0.2) is 0 Å². The molecule has 0 bridgehead atoms. The lowest BCUT2D eigenvalue weighted by Crippen LogP contribution is -2.52. The van der Waals surface area contributed by atoms with Crippen molar-refractivity contribution < 1.29 is 37.4 Å². The summed E-state index contributed by atoms with van der Waals surface area (Å²) >= 11 is 0. The highest BCUT2D eigenvalue weighted by atomic mass is 19.4. The van der Waals surface area contributed by atoms with Gasteiger partial charge in [0.05, 0.1) is 18.4 Å². The van der Waals surface area contributed by atoms with Gasteiger partial charge in [0.2, 0.25) is 5.91 Å². The van der Waals surface area contributed by atoms with E-state index < -0.39 is 54.7 Å². The largest absolute Gasteiger partial charge is 0.481 e. The number of nitrogens with zero attached hydrogens (tertiary/aromatic N) is 1. The summed E-state index contributed by atoms with van der Waals surface area (Å²) in [5.74, 6) is -3.41. The Balaban J connectivity index is 2.77. The second kappa shape index (κ2) is 7.92. The lowest BCUT2D eigenvalue weighted by Gasteiger charge is -2.35. The average molecular weight is 368 g/mol. The molecular formula is C15H23F3N2O5. The van der Waals surface area contributed by atoms with E-state index in [-0.39, 0.29) is 19.4 Å². The highest BCUT2D eigenvalue weighted by Gasteiger charge is 2.44. The third-order valence-electron chi connectivity index (χ3n) is 3.55. The van der Waals surface area contributed by atoms with E-state index in [1.165, 1.54) is 0 Å². The van der Waals surface area contributed by atoms with Crippen LogP contribution in [-0.4, -0.2) is 58.9 Å². The van der Waals surface area contributed by atoms with E-state index >= 15 is 0 Å². The summed E-state index contributed by atoms with van der Waals surface area (Å²) in [6.07, 6.45) is -6.42. The van der Waals surface area contributed by atoms with Gasteiger partial charge in [-0.2, -0.15) is 13.2 Å². The van der Waals surface area contributed by atoms with E-state index in [9.17, 15) is 27.6 Å². The Morgan fingerprint density at radius 3 is 2.44 bits per heavy atom. The molecule has 1 saturated heterocycles. The Kier molecular flexibility index (Phi) is 6.67. The minimum atomic E-state index is -4.43. The van der Waals surface area contributed by atoms with Crippen molar-refractivity contribution in [3.8, 4) is 0 Å². The van der Waals surface area contributed by atoms with Crippen LogP contribution in [0, 0.1) is 5.92 Å². The van der Waals surface area contributed by atoms with Gasteiger partial charge < -0.3 is 20.1 Å². The van der Waals surface area contributed by atoms with Gasteiger partial charge >= 0.3 is 18.2 Å². The van der Waals surface area contributed by atoms with Crippen LogP contribution in [0.2, 0.25) is 0 Å². The number of hydrogen-bond acceptors (Lipinski definition) is 4. The number of amides is 2. The van der Waals surface area contributed by atoms with Crippen molar-refractivity contribution >= 4 is 18.0 Å². The highest BCUT2D eigenvalue weighted by molar-refractivity contribution is 5.77. The molecule has 1 unspecified atom stereocenters. The zero-order chi connectivity index (χ0) is 19.4. The van der Waals surface area contributed by atoms with E-state index in [1.54, 1.807) is 20.8 Å². The van der Waals surface area contributed by atoms with Gasteiger partial charge in [-0.25, -0.2) is 4.79 Å². The van der Waals surface area contributed by atoms with Crippen LogP contribution in [0.5, 0.6) is 0 Å². The number of aliphatic carboxylic acids is 1. The van der Waals surface area contributed by atoms with Crippen molar-refractivity contribution in [3.05, 3.63) is 0 Å². The van der Waals surface area contributed by atoms with Crippen LogP contribution in [-0.2, 0) is 14.3 Å². The van der Waals surface area contributed by atoms with Crippen LogP contribution >= 0.6 is 0 Å². The van der Waals surface area contributed by atoms with Crippen LogP contribution in [0.25, 0.3) is 0 Å². The first-order valence-electron chi connectivity index (χ1n) is 7.83. The fraction of sp³-hybridized carbons (Fsp3) is 0.800. The zero-order valence-electron chi connectivity index (χ0n) is 14.4. The molecule has 2 N–H and O–H groups in total. The van der Waals surface area contributed by atoms with Gasteiger partial charge in [-0.15, -0.1) is 0 Å². The third-order valence-corrected chi connectivity index (χ3v) is 3.55. The smallest absolute Gasteiger partial charge is 0.407 e. The molecule has 2 atom stereocenters. The number of alkyl halides is 3. The number of halogens is 3. The molecule has 0 aromatic heterocycles. The molecule has 1 heterocycles. The summed E-state index contributed by atoms with van der Waals surface area (Å²) in [6, 6.07) is -1.05. The minimum Gasteiger partial charge on any atom is -0.481 e. The van der Waals surface area contributed by atoms with E-state index in [1.807, 2.05) is 0 Å². The molecule has 1 aliphatic rings. The Hall–Kier alpha value is -2.00. The van der Waals surface area contributed by atoms with E-state index in [0.29, 0.717) is 0 Å². The SMILES string of the molecule is CC(C)(C)OC(=O)N[C@@H](CC(=O)O)CN1CC(C(F)(F)F)CCC1=O. The molecule has 0 aliphatic carbocycles. The lowest BCUT2D eigenvalue weighted by molar-refractivity contribution is -0.189. The molecule has 1 rings (SSSR count). The first kappa shape index (κ1) is 21.0. The summed E-state index contributed by atoms with van der Waals surface area (Å²) in [5.41, 5.74) is -0.819. The van der Waals surface area contributed by atoms with Crippen molar-refractivity contribution in [3.63, 3.8) is 0 Å². The Labute approximate surface area is 143 Å². The van der Waals surface area contributed by atoms with Gasteiger partial charge in [-0.3, -0.25) is 9.59 Å². The molecule has 1 aliphatic heterocycles. The molecule has 7 nitrogen and oxygen atoms in total. The summed E-state index contributed by atoms with van der Waals surface area (Å²) < 4.78 is 43.6. The standard InChI is InChI=1S/C15H23F3N2O5/c1-14(2,3)25-13(24)19-10(6-12(22)23)8-20-7-9(15(16,17)18)4-5-11(20)21/h9-10H,4-8H2,1-3H3,(H,19,24)(H,22,23)/t9?,10-/m0/s1. The highest BCUT2D eigenvalue weighted by Crippen LogP contribution is 2.33. The van der Waals surface area contributed by atoms with Crippen LogP contribution in [0.1, 0.15) is 40.0 Å². The number of carboxylic acid groups (broad SMARTS) is 1. The van der Waals surface area contributed by atoms with E-state index in [4.69, 9.17) is 9.84 Å². The maximum Gasteiger partial charge on any atom is 0.407 e.